The van der Waals surface area contributed by atoms with Crippen LogP contribution in [0.5, 0.6) is 5.75 Å². The van der Waals surface area contributed by atoms with E-state index in [0.717, 1.165) is 16.6 Å². The molecule has 1 N–H and O–H groups in total. The molecular weight excluding hydrogens is 299 g/mol. The molecule has 5 nitrogen and oxygen atoms in total. The van der Waals surface area contributed by atoms with Gasteiger partial charge in [0.15, 0.2) is 5.58 Å². The monoisotopic (exact) mass is 316 g/mol. The molecule has 0 aliphatic rings. The number of hydrogen-bond donors (Lipinski definition) is 1. The Hall–Kier alpha value is -2.60. The first-order valence-electron chi connectivity index (χ1n) is 7.20. The van der Waals surface area contributed by atoms with E-state index in [1.165, 1.54) is 16.7 Å². The lowest BCUT2D eigenvalue weighted by Crippen LogP contribution is -2.13. The third-order valence-electron chi connectivity index (χ3n) is 3.74. The first-order valence-corrected chi connectivity index (χ1v) is 7.20. The summed E-state index contributed by atoms with van der Waals surface area (Å²) < 4.78 is 25.2. The van der Waals surface area contributed by atoms with Crippen molar-refractivity contribution in [3.8, 4) is 5.75 Å². The van der Waals surface area contributed by atoms with Crippen molar-refractivity contribution in [2.24, 2.45) is 7.05 Å². The lowest BCUT2D eigenvalue weighted by Gasteiger charge is -2.10. The van der Waals surface area contributed by atoms with Crippen molar-refractivity contribution in [3.63, 3.8) is 0 Å². The molecule has 0 spiro atoms. The number of nitrogens with zero attached hydrogens (tertiary/aromatic N) is 1. The largest absolute Gasteiger partial charge is 0.496 e. The predicted octanol–water partition coefficient (Wildman–Crippen LogP) is 2.57. The summed E-state index contributed by atoms with van der Waals surface area (Å²) >= 11 is 0. The van der Waals surface area contributed by atoms with Gasteiger partial charge in [-0.15, -0.1) is 0 Å². The summed E-state index contributed by atoms with van der Waals surface area (Å²) in [5, 5.41) is 3.23. The highest BCUT2D eigenvalue weighted by atomic mass is 19.1. The highest BCUT2D eigenvalue weighted by molar-refractivity contribution is 5.73. The predicted molar refractivity (Wildman–Crippen MR) is 85.0 cm³/mol. The van der Waals surface area contributed by atoms with Crippen LogP contribution in [0.25, 0.3) is 11.1 Å². The van der Waals surface area contributed by atoms with E-state index in [9.17, 15) is 9.18 Å². The molecule has 1 heterocycles. The molecule has 0 fully saturated rings. The SMILES string of the molecule is COc1ccc(F)cc1CNCc1ccc2c(c1)oc(=O)n2C. The molecular formula is C17H17FN2O3. The van der Waals surface area contributed by atoms with Crippen molar-refractivity contribution in [1.82, 2.24) is 9.88 Å². The van der Waals surface area contributed by atoms with Crippen molar-refractivity contribution < 1.29 is 13.5 Å². The summed E-state index contributed by atoms with van der Waals surface area (Å²) in [5.74, 6) is -0.0342. The lowest BCUT2D eigenvalue weighted by atomic mass is 10.1. The summed E-state index contributed by atoms with van der Waals surface area (Å²) in [7, 11) is 3.23. The van der Waals surface area contributed by atoms with Gasteiger partial charge in [-0.3, -0.25) is 4.57 Å². The van der Waals surface area contributed by atoms with Gasteiger partial charge in [0.25, 0.3) is 0 Å². The first-order chi connectivity index (χ1) is 11.1. The second-order valence-corrected chi connectivity index (χ2v) is 5.29. The smallest absolute Gasteiger partial charge is 0.419 e. The number of ether oxygens (including phenoxy) is 1. The molecule has 0 bridgehead atoms. The molecule has 0 radical (unpaired) electrons. The van der Waals surface area contributed by atoms with Crippen molar-refractivity contribution in [3.05, 3.63) is 63.9 Å². The normalized spacial score (nSPS) is 11.1. The number of methoxy groups -OCH3 is 1. The average molecular weight is 316 g/mol. The van der Waals surface area contributed by atoms with Gasteiger partial charge in [-0.1, -0.05) is 6.07 Å². The summed E-state index contributed by atoms with van der Waals surface area (Å²) in [6, 6.07) is 10.0. The van der Waals surface area contributed by atoms with Gasteiger partial charge < -0.3 is 14.5 Å². The number of hydrogen-bond acceptors (Lipinski definition) is 4. The molecule has 0 amide bonds. The molecule has 1 aromatic heterocycles. The van der Waals surface area contributed by atoms with E-state index < -0.39 is 0 Å². The number of aromatic nitrogens is 1. The molecule has 0 atom stereocenters. The number of nitrogens with one attached hydrogen (secondary N) is 1. The summed E-state index contributed by atoms with van der Waals surface area (Å²) in [6.07, 6.45) is 0. The van der Waals surface area contributed by atoms with Crippen LogP contribution in [0.15, 0.2) is 45.6 Å². The van der Waals surface area contributed by atoms with Gasteiger partial charge in [-0.05, 0) is 35.9 Å². The van der Waals surface area contributed by atoms with Gasteiger partial charge in [0.05, 0.1) is 12.6 Å². The van der Waals surface area contributed by atoms with E-state index in [2.05, 4.69) is 5.32 Å². The van der Waals surface area contributed by atoms with Gasteiger partial charge in [0.2, 0.25) is 0 Å². The molecule has 0 aliphatic heterocycles. The third kappa shape index (κ3) is 3.12. The Balaban J connectivity index is 1.71. The highest BCUT2D eigenvalue weighted by Gasteiger charge is 2.07. The number of oxazole rings is 1. The molecule has 0 saturated heterocycles. The second kappa shape index (κ2) is 6.26. The second-order valence-electron chi connectivity index (χ2n) is 5.29. The zero-order valence-corrected chi connectivity index (χ0v) is 12.9. The Morgan fingerprint density at radius 3 is 2.83 bits per heavy atom. The van der Waals surface area contributed by atoms with Gasteiger partial charge in [-0.25, -0.2) is 9.18 Å². The van der Waals surface area contributed by atoms with Gasteiger partial charge in [0, 0.05) is 25.7 Å². The molecule has 120 valence electrons. The number of halogens is 1. The van der Waals surface area contributed by atoms with Crippen LogP contribution in [0.1, 0.15) is 11.1 Å². The Kier molecular flexibility index (Phi) is 4.16. The molecule has 0 saturated carbocycles. The fraction of sp³-hybridized carbons (Fsp3) is 0.235. The maximum absolute atomic E-state index is 13.3. The molecule has 6 heteroatoms. The van der Waals surface area contributed by atoms with E-state index in [-0.39, 0.29) is 11.6 Å². The summed E-state index contributed by atoms with van der Waals surface area (Å²) in [5.41, 5.74) is 3.03. The minimum absolute atomic E-state index is 0.296. The number of aryl methyl sites for hydroxylation is 1. The van der Waals surface area contributed by atoms with Crippen molar-refractivity contribution in [2.75, 3.05) is 7.11 Å². The van der Waals surface area contributed by atoms with Gasteiger partial charge >= 0.3 is 5.76 Å². The Labute approximate surface area is 132 Å². The number of benzene rings is 2. The van der Waals surface area contributed by atoms with Crippen LogP contribution in [0.2, 0.25) is 0 Å². The van der Waals surface area contributed by atoms with Crippen LogP contribution in [0.4, 0.5) is 4.39 Å². The Bertz CT molecular complexity index is 898. The maximum Gasteiger partial charge on any atom is 0.419 e. The van der Waals surface area contributed by atoms with Crippen molar-refractivity contribution in [2.45, 2.75) is 13.1 Å². The number of fused-ring (bicyclic) bond motifs is 1. The summed E-state index contributed by atoms with van der Waals surface area (Å²) in [6.45, 7) is 1.03. The summed E-state index contributed by atoms with van der Waals surface area (Å²) in [4.78, 5) is 11.5. The molecule has 0 aliphatic carbocycles. The van der Waals surface area contributed by atoms with Crippen LogP contribution >= 0.6 is 0 Å². The lowest BCUT2D eigenvalue weighted by molar-refractivity contribution is 0.406. The minimum Gasteiger partial charge on any atom is -0.496 e. The van der Waals surface area contributed by atoms with Crippen LogP contribution in [-0.4, -0.2) is 11.7 Å². The van der Waals surface area contributed by atoms with E-state index >= 15 is 0 Å². The average Bonchev–Trinajstić information content (AvgIpc) is 2.82. The van der Waals surface area contributed by atoms with Crippen molar-refractivity contribution in [1.29, 1.82) is 0 Å². The van der Waals surface area contributed by atoms with Crippen LogP contribution in [0, 0.1) is 5.82 Å². The quantitative estimate of drug-likeness (QED) is 0.786. The zero-order chi connectivity index (χ0) is 16.4. The molecule has 0 unspecified atom stereocenters. The molecule has 23 heavy (non-hydrogen) atoms. The van der Waals surface area contributed by atoms with Crippen molar-refractivity contribution >= 4 is 11.1 Å². The zero-order valence-electron chi connectivity index (χ0n) is 12.9. The molecule has 3 rings (SSSR count). The van der Waals surface area contributed by atoms with Crippen LogP contribution in [0.3, 0.4) is 0 Å². The topological polar surface area (TPSA) is 56.4 Å². The van der Waals surface area contributed by atoms with Gasteiger partial charge in [0.1, 0.15) is 11.6 Å². The third-order valence-corrected chi connectivity index (χ3v) is 3.74. The van der Waals surface area contributed by atoms with E-state index in [4.69, 9.17) is 9.15 Å². The fourth-order valence-electron chi connectivity index (χ4n) is 2.52. The number of rotatable bonds is 5. The van der Waals surface area contributed by atoms with Crippen LogP contribution < -0.4 is 15.8 Å². The first kappa shape index (κ1) is 15.3. The fourth-order valence-corrected chi connectivity index (χ4v) is 2.52. The van der Waals surface area contributed by atoms with Gasteiger partial charge in [-0.2, -0.15) is 0 Å². The maximum atomic E-state index is 13.3. The standard InChI is InChI=1S/C17H17FN2O3/c1-20-14-5-3-11(7-16(14)23-17(20)21)9-19-10-12-8-13(18)4-6-15(12)22-2/h3-8,19H,9-10H2,1-2H3. The Morgan fingerprint density at radius 1 is 1.22 bits per heavy atom. The highest BCUT2D eigenvalue weighted by Crippen LogP contribution is 2.19. The minimum atomic E-state index is -0.380. The Morgan fingerprint density at radius 2 is 2.04 bits per heavy atom. The molecule has 3 aromatic rings. The van der Waals surface area contributed by atoms with E-state index in [0.29, 0.717) is 24.4 Å². The van der Waals surface area contributed by atoms with E-state index in [1.807, 2.05) is 18.2 Å². The molecule has 2 aromatic carbocycles. The van der Waals surface area contributed by atoms with E-state index in [1.54, 1.807) is 20.2 Å². The van der Waals surface area contributed by atoms with Crippen LogP contribution in [-0.2, 0) is 20.1 Å².